The molecule has 0 radical (unpaired) electrons. The second-order valence-electron chi connectivity index (χ2n) is 4.97. The molecule has 2 aromatic rings. The summed E-state index contributed by atoms with van der Waals surface area (Å²) >= 11 is 1.69. The van der Waals surface area contributed by atoms with E-state index in [1.807, 2.05) is 0 Å². The lowest BCUT2D eigenvalue weighted by Gasteiger charge is -2.30. The van der Waals surface area contributed by atoms with Gasteiger partial charge in [-0.3, -0.25) is 4.90 Å². The molecule has 2 atom stereocenters. The molecule has 0 bridgehead atoms. The van der Waals surface area contributed by atoms with E-state index in [0.717, 1.165) is 25.5 Å². The van der Waals surface area contributed by atoms with Crippen molar-refractivity contribution in [3.8, 4) is 0 Å². The molecule has 19 heavy (non-hydrogen) atoms. The monoisotopic (exact) mass is 278 g/mol. The Morgan fingerprint density at radius 3 is 3.21 bits per heavy atom. The number of hydrogen-bond acceptors (Lipinski definition) is 6. The van der Waals surface area contributed by atoms with E-state index in [1.54, 1.807) is 11.3 Å². The predicted molar refractivity (Wildman–Crippen MR) is 74.4 cm³/mol. The molecule has 3 rings (SSSR count). The highest BCUT2D eigenvalue weighted by atomic mass is 32.1. The van der Waals surface area contributed by atoms with Gasteiger partial charge in [0.05, 0.1) is 12.0 Å². The van der Waals surface area contributed by atoms with Gasteiger partial charge in [0.25, 0.3) is 0 Å². The molecule has 1 aliphatic heterocycles. The summed E-state index contributed by atoms with van der Waals surface area (Å²) in [5, 5.41) is 11.7. The number of hydrogen-bond donors (Lipinski definition) is 1. The quantitative estimate of drug-likeness (QED) is 0.928. The van der Waals surface area contributed by atoms with Crippen molar-refractivity contribution < 1.29 is 4.52 Å². The number of rotatable bonds is 3. The van der Waals surface area contributed by atoms with E-state index in [4.69, 9.17) is 4.52 Å². The lowest BCUT2D eigenvalue weighted by molar-refractivity contribution is 0.190. The Labute approximate surface area is 116 Å². The highest BCUT2D eigenvalue weighted by molar-refractivity contribution is 7.08. The van der Waals surface area contributed by atoms with Crippen LogP contribution in [-0.4, -0.2) is 41.7 Å². The largest absolute Gasteiger partial charge is 0.339 e. The van der Waals surface area contributed by atoms with Crippen LogP contribution in [0.1, 0.15) is 36.2 Å². The topological polar surface area (TPSA) is 54.2 Å². The van der Waals surface area contributed by atoms with Crippen LogP contribution in [0.5, 0.6) is 0 Å². The lowest BCUT2D eigenvalue weighted by Crippen LogP contribution is -2.44. The Morgan fingerprint density at radius 1 is 1.58 bits per heavy atom. The van der Waals surface area contributed by atoms with Gasteiger partial charge in [-0.25, -0.2) is 0 Å². The normalized spacial score (nSPS) is 22.5. The predicted octanol–water partition coefficient (Wildman–Crippen LogP) is 1.86. The van der Waals surface area contributed by atoms with Crippen molar-refractivity contribution in [2.75, 3.05) is 26.7 Å². The van der Waals surface area contributed by atoms with Crippen LogP contribution in [0.15, 0.2) is 21.3 Å². The zero-order chi connectivity index (χ0) is 13.2. The van der Waals surface area contributed by atoms with E-state index >= 15 is 0 Å². The lowest BCUT2D eigenvalue weighted by atomic mass is 10.1. The Balaban J connectivity index is 1.79. The fourth-order valence-electron chi connectivity index (χ4n) is 2.32. The first-order valence-corrected chi connectivity index (χ1v) is 7.46. The smallest absolute Gasteiger partial charge is 0.233 e. The number of likely N-dealkylation sites (N-methyl/N-ethyl adjacent to an activating group) is 1. The van der Waals surface area contributed by atoms with Gasteiger partial charge in [-0.1, -0.05) is 5.16 Å². The second-order valence-corrected chi connectivity index (χ2v) is 5.75. The average molecular weight is 278 g/mol. The number of aromatic nitrogens is 2. The molecule has 1 N–H and O–H groups in total. The van der Waals surface area contributed by atoms with Crippen molar-refractivity contribution in [1.82, 2.24) is 20.4 Å². The number of nitrogens with one attached hydrogen (secondary N) is 1. The molecule has 102 valence electrons. The van der Waals surface area contributed by atoms with Crippen LogP contribution < -0.4 is 5.32 Å². The summed E-state index contributed by atoms with van der Waals surface area (Å²) in [4.78, 5) is 6.85. The molecule has 1 fully saturated rings. The molecule has 1 aliphatic rings. The summed E-state index contributed by atoms with van der Waals surface area (Å²) in [5.41, 5.74) is 1.23. The molecule has 1 saturated heterocycles. The van der Waals surface area contributed by atoms with Crippen molar-refractivity contribution >= 4 is 11.3 Å². The molecule has 0 spiro atoms. The maximum absolute atomic E-state index is 5.44. The molecule has 0 aliphatic carbocycles. The molecular formula is C13H18N4OS. The molecule has 2 unspecified atom stereocenters. The van der Waals surface area contributed by atoms with Gasteiger partial charge < -0.3 is 9.84 Å². The third-order valence-corrected chi connectivity index (χ3v) is 4.38. The van der Waals surface area contributed by atoms with E-state index in [0.29, 0.717) is 5.89 Å². The number of nitrogens with zero attached hydrogens (tertiary/aromatic N) is 3. The van der Waals surface area contributed by atoms with Gasteiger partial charge >= 0.3 is 0 Å². The minimum absolute atomic E-state index is 0.161. The van der Waals surface area contributed by atoms with Crippen molar-refractivity contribution in [1.29, 1.82) is 0 Å². The third-order valence-electron chi connectivity index (χ3n) is 3.68. The van der Waals surface area contributed by atoms with E-state index in [-0.39, 0.29) is 12.0 Å². The molecule has 0 aromatic carbocycles. The first-order chi connectivity index (χ1) is 9.25. The van der Waals surface area contributed by atoms with E-state index in [1.165, 1.54) is 5.56 Å². The molecule has 0 saturated carbocycles. The SMILES string of the molecule is CC(c1ccsc1)c1nc(C2CNCCN2C)no1. The zero-order valence-electron chi connectivity index (χ0n) is 11.2. The van der Waals surface area contributed by atoms with Crippen molar-refractivity contribution in [3.63, 3.8) is 0 Å². The van der Waals surface area contributed by atoms with Crippen LogP contribution in [-0.2, 0) is 0 Å². The minimum atomic E-state index is 0.161. The first-order valence-electron chi connectivity index (χ1n) is 6.52. The molecule has 6 heteroatoms. The van der Waals surface area contributed by atoms with Gasteiger partial charge in [0.1, 0.15) is 0 Å². The molecular weight excluding hydrogens is 260 g/mol. The highest BCUT2D eigenvalue weighted by Crippen LogP contribution is 2.26. The van der Waals surface area contributed by atoms with Crippen LogP contribution in [0.25, 0.3) is 0 Å². The maximum atomic E-state index is 5.44. The Hall–Kier alpha value is -1.24. The van der Waals surface area contributed by atoms with E-state index in [2.05, 4.69) is 51.2 Å². The minimum Gasteiger partial charge on any atom is -0.339 e. The number of piperazine rings is 1. The van der Waals surface area contributed by atoms with Crippen LogP contribution in [0.3, 0.4) is 0 Å². The molecule has 5 nitrogen and oxygen atoms in total. The Morgan fingerprint density at radius 2 is 2.47 bits per heavy atom. The van der Waals surface area contributed by atoms with Crippen molar-refractivity contribution in [2.45, 2.75) is 18.9 Å². The van der Waals surface area contributed by atoms with Gasteiger partial charge in [-0.05, 0) is 36.4 Å². The maximum Gasteiger partial charge on any atom is 0.233 e. The van der Waals surface area contributed by atoms with Gasteiger partial charge in [0.2, 0.25) is 5.89 Å². The standard InChI is InChI=1S/C13H18N4OS/c1-9(10-3-6-19-8-10)13-15-12(16-18-13)11-7-14-4-5-17(11)2/h3,6,8-9,11,14H,4-5,7H2,1-2H3. The van der Waals surface area contributed by atoms with Gasteiger partial charge in [0.15, 0.2) is 5.82 Å². The Bertz CT molecular complexity index is 524. The summed E-state index contributed by atoms with van der Waals surface area (Å²) in [7, 11) is 2.10. The summed E-state index contributed by atoms with van der Waals surface area (Å²) < 4.78 is 5.44. The highest BCUT2D eigenvalue weighted by Gasteiger charge is 2.26. The molecule has 0 amide bonds. The summed E-state index contributed by atoms with van der Waals surface area (Å²) in [6.45, 7) is 5.00. The first kappa shape index (κ1) is 12.8. The average Bonchev–Trinajstić information content (AvgIpc) is 3.10. The van der Waals surface area contributed by atoms with E-state index in [9.17, 15) is 0 Å². The summed E-state index contributed by atoms with van der Waals surface area (Å²) in [5.74, 6) is 1.65. The van der Waals surface area contributed by atoms with Crippen molar-refractivity contribution in [2.24, 2.45) is 0 Å². The van der Waals surface area contributed by atoms with Gasteiger partial charge in [0, 0.05) is 19.6 Å². The van der Waals surface area contributed by atoms with Crippen LogP contribution in [0.4, 0.5) is 0 Å². The second kappa shape index (κ2) is 5.40. The Kier molecular flexibility index (Phi) is 3.63. The molecule has 2 aromatic heterocycles. The van der Waals surface area contributed by atoms with E-state index < -0.39 is 0 Å². The molecule has 3 heterocycles. The van der Waals surface area contributed by atoms with Crippen molar-refractivity contribution in [3.05, 3.63) is 34.1 Å². The summed E-state index contributed by atoms with van der Waals surface area (Å²) in [6.07, 6.45) is 0. The van der Waals surface area contributed by atoms with Gasteiger partial charge in [-0.15, -0.1) is 0 Å². The fourth-order valence-corrected chi connectivity index (χ4v) is 3.07. The van der Waals surface area contributed by atoms with Gasteiger partial charge in [-0.2, -0.15) is 16.3 Å². The zero-order valence-corrected chi connectivity index (χ0v) is 12.0. The number of thiophene rings is 1. The van der Waals surface area contributed by atoms with Crippen LogP contribution in [0, 0.1) is 0 Å². The fraction of sp³-hybridized carbons (Fsp3) is 0.538. The third kappa shape index (κ3) is 2.56. The van der Waals surface area contributed by atoms with Crippen LogP contribution in [0.2, 0.25) is 0 Å². The summed E-state index contributed by atoms with van der Waals surface area (Å²) in [6, 6.07) is 2.31. The van der Waals surface area contributed by atoms with Crippen LogP contribution >= 0.6 is 11.3 Å².